The summed E-state index contributed by atoms with van der Waals surface area (Å²) in [6, 6.07) is 19.5. The van der Waals surface area contributed by atoms with Crippen LogP contribution in [-0.2, 0) is 19.6 Å². The van der Waals surface area contributed by atoms with Crippen molar-refractivity contribution in [1.29, 1.82) is 0 Å². The van der Waals surface area contributed by atoms with Gasteiger partial charge in [0.2, 0.25) is 0 Å². The standard InChI is InChI=1S/C27H40N4/c1-22-8-10-25(11-9-22)19-30-17-23(2)31(24(3)18-30)21-27-7-5-6-26(16-27)20-29-14-12-28(4)13-15-29/h5-11,16,23-24H,12-15,17-21H2,1-4H3. The molecule has 2 aromatic carbocycles. The molecule has 2 heterocycles. The van der Waals surface area contributed by atoms with Gasteiger partial charge in [-0.2, -0.15) is 0 Å². The van der Waals surface area contributed by atoms with E-state index in [2.05, 4.69) is 95.9 Å². The smallest absolute Gasteiger partial charge is 0.0240 e. The molecule has 0 amide bonds. The van der Waals surface area contributed by atoms with Crippen LogP contribution in [0.4, 0.5) is 0 Å². The highest BCUT2D eigenvalue weighted by molar-refractivity contribution is 5.24. The van der Waals surface area contributed by atoms with Crippen LogP contribution in [0.3, 0.4) is 0 Å². The highest BCUT2D eigenvalue weighted by Crippen LogP contribution is 2.21. The molecule has 2 aliphatic heterocycles. The zero-order valence-electron chi connectivity index (χ0n) is 19.9. The molecule has 2 saturated heterocycles. The minimum atomic E-state index is 0.565. The van der Waals surface area contributed by atoms with Crippen LogP contribution in [0.25, 0.3) is 0 Å². The second-order valence-electron chi connectivity index (χ2n) is 9.95. The number of hydrogen-bond donors (Lipinski definition) is 0. The minimum Gasteiger partial charge on any atom is -0.304 e. The zero-order chi connectivity index (χ0) is 21.8. The predicted octanol–water partition coefficient (Wildman–Crippen LogP) is 3.84. The number of aryl methyl sites for hydroxylation is 1. The molecule has 2 aliphatic rings. The number of rotatable bonds is 6. The van der Waals surface area contributed by atoms with Crippen LogP contribution in [0.5, 0.6) is 0 Å². The Balaban J connectivity index is 1.33. The Morgan fingerprint density at radius 2 is 1.29 bits per heavy atom. The van der Waals surface area contributed by atoms with E-state index in [1.807, 2.05) is 0 Å². The summed E-state index contributed by atoms with van der Waals surface area (Å²) >= 11 is 0. The van der Waals surface area contributed by atoms with Crippen molar-refractivity contribution < 1.29 is 0 Å². The molecule has 168 valence electrons. The molecule has 2 fully saturated rings. The van der Waals surface area contributed by atoms with E-state index < -0.39 is 0 Å². The zero-order valence-corrected chi connectivity index (χ0v) is 19.9. The number of hydrogen-bond acceptors (Lipinski definition) is 4. The third kappa shape index (κ3) is 6.17. The van der Waals surface area contributed by atoms with E-state index in [-0.39, 0.29) is 0 Å². The first-order valence-electron chi connectivity index (χ1n) is 12.0. The Morgan fingerprint density at radius 3 is 1.94 bits per heavy atom. The number of piperazine rings is 2. The average Bonchev–Trinajstić information content (AvgIpc) is 2.74. The van der Waals surface area contributed by atoms with Crippen LogP contribution in [0.15, 0.2) is 48.5 Å². The summed E-state index contributed by atoms with van der Waals surface area (Å²) in [7, 11) is 2.22. The Bertz CT molecular complexity index is 813. The first kappa shape index (κ1) is 22.5. The minimum absolute atomic E-state index is 0.565. The Labute approximate surface area is 189 Å². The van der Waals surface area contributed by atoms with Gasteiger partial charge in [-0.1, -0.05) is 54.1 Å². The summed E-state index contributed by atoms with van der Waals surface area (Å²) in [5.41, 5.74) is 5.68. The van der Waals surface area contributed by atoms with Crippen LogP contribution < -0.4 is 0 Å². The summed E-state index contributed by atoms with van der Waals surface area (Å²) < 4.78 is 0. The number of benzene rings is 2. The average molecular weight is 421 g/mol. The fraction of sp³-hybridized carbons (Fsp3) is 0.556. The van der Waals surface area contributed by atoms with Crippen LogP contribution in [-0.4, -0.2) is 78.0 Å². The van der Waals surface area contributed by atoms with Gasteiger partial charge in [0.15, 0.2) is 0 Å². The van der Waals surface area contributed by atoms with E-state index in [0.29, 0.717) is 12.1 Å². The van der Waals surface area contributed by atoms with E-state index in [1.165, 1.54) is 48.4 Å². The van der Waals surface area contributed by atoms with Crippen LogP contribution in [0.1, 0.15) is 36.1 Å². The molecule has 2 aromatic rings. The lowest BCUT2D eigenvalue weighted by atomic mass is 10.0. The maximum Gasteiger partial charge on any atom is 0.0240 e. The predicted molar refractivity (Wildman–Crippen MR) is 130 cm³/mol. The summed E-state index contributed by atoms with van der Waals surface area (Å²) in [6.07, 6.45) is 0. The normalized spacial score (nSPS) is 24.5. The molecular formula is C27H40N4. The van der Waals surface area contributed by atoms with Gasteiger partial charge < -0.3 is 4.90 Å². The molecular weight excluding hydrogens is 380 g/mol. The molecule has 2 atom stereocenters. The van der Waals surface area contributed by atoms with Gasteiger partial charge in [0, 0.05) is 71.0 Å². The second kappa shape index (κ2) is 10.3. The van der Waals surface area contributed by atoms with Crippen molar-refractivity contribution >= 4 is 0 Å². The van der Waals surface area contributed by atoms with Crippen LogP contribution >= 0.6 is 0 Å². The molecule has 0 bridgehead atoms. The fourth-order valence-electron chi connectivity index (χ4n) is 5.16. The lowest BCUT2D eigenvalue weighted by Crippen LogP contribution is -2.55. The molecule has 2 unspecified atom stereocenters. The third-order valence-electron chi connectivity index (χ3n) is 7.06. The van der Waals surface area contributed by atoms with Gasteiger partial charge in [-0.05, 0) is 44.5 Å². The largest absolute Gasteiger partial charge is 0.304 e. The molecule has 4 rings (SSSR count). The van der Waals surface area contributed by atoms with Gasteiger partial charge in [0.05, 0.1) is 0 Å². The van der Waals surface area contributed by atoms with Crippen molar-refractivity contribution in [3.8, 4) is 0 Å². The van der Waals surface area contributed by atoms with E-state index in [0.717, 1.165) is 32.7 Å². The highest BCUT2D eigenvalue weighted by atomic mass is 15.3. The Hall–Kier alpha value is -1.72. The van der Waals surface area contributed by atoms with E-state index in [1.54, 1.807) is 0 Å². The van der Waals surface area contributed by atoms with Crippen molar-refractivity contribution in [3.05, 3.63) is 70.8 Å². The van der Waals surface area contributed by atoms with Gasteiger partial charge in [0.25, 0.3) is 0 Å². The van der Waals surface area contributed by atoms with Gasteiger partial charge in [-0.3, -0.25) is 14.7 Å². The van der Waals surface area contributed by atoms with Crippen molar-refractivity contribution in [3.63, 3.8) is 0 Å². The molecule has 0 N–H and O–H groups in total. The van der Waals surface area contributed by atoms with E-state index in [4.69, 9.17) is 0 Å². The maximum absolute atomic E-state index is 2.70. The molecule has 0 saturated carbocycles. The molecule has 0 radical (unpaired) electrons. The van der Waals surface area contributed by atoms with Gasteiger partial charge in [0.1, 0.15) is 0 Å². The summed E-state index contributed by atoms with van der Waals surface area (Å²) in [5.74, 6) is 0. The molecule has 4 nitrogen and oxygen atoms in total. The van der Waals surface area contributed by atoms with Gasteiger partial charge >= 0.3 is 0 Å². The third-order valence-corrected chi connectivity index (χ3v) is 7.06. The Morgan fingerprint density at radius 1 is 0.710 bits per heavy atom. The van der Waals surface area contributed by atoms with Crippen LogP contribution in [0, 0.1) is 6.92 Å². The van der Waals surface area contributed by atoms with Crippen molar-refractivity contribution in [2.75, 3.05) is 46.3 Å². The fourth-order valence-corrected chi connectivity index (χ4v) is 5.16. The molecule has 0 aliphatic carbocycles. The molecule has 4 heteroatoms. The summed E-state index contributed by atoms with van der Waals surface area (Å²) in [6.45, 7) is 17.1. The lowest BCUT2D eigenvalue weighted by molar-refractivity contribution is 0.0290. The van der Waals surface area contributed by atoms with E-state index in [9.17, 15) is 0 Å². The first-order chi connectivity index (χ1) is 15.0. The quantitative estimate of drug-likeness (QED) is 0.704. The van der Waals surface area contributed by atoms with Crippen molar-refractivity contribution in [2.45, 2.75) is 52.5 Å². The van der Waals surface area contributed by atoms with Crippen LogP contribution in [0.2, 0.25) is 0 Å². The molecule has 31 heavy (non-hydrogen) atoms. The van der Waals surface area contributed by atoms with Crippen molar-refractivity contribution in [1.82, 2.24) is 19.6 Å². The molecule has 0 spiro atoms. The summed E-state index contributed by atoms with van der Waals surface area (Å²) in [5, 5.41) is 0. The van der Waals surface area contributed by atoms with Crippen molar-refractivity contribution in [2.24, 2.45) is 0 Å². The van der Waals surface area contributed by atoms with Gasteiger partial charge in [-0.25, -0.2) is 0 Å². The number of nitrogens with zero attached hydrogens (tertiary/aromatic N) is 4. The van der Waals surface area contributed by atoms with Gasteiger partial charge in [-0.15, -0.1) is 0 Å². The maximum atomic E-state index is 2.70. The molecule has 0 aromatic heterocycles. The van der Waals surface area contributed by atoms with E-state index >= 15 is 0 Å². The lowest BCUT2D eigenvalue weighted by Gasteiger charge is -2.44. The number of likely N-dealkylation sites (N-methyl/N-ethyl adjacent to an activating group) is 1. The summed E-state index contributed by atoms with van der Waals surface area (Å²) in [4.78, 5) is 10.3. The monoisotopic (exact) mass is 420 g/mol. The Kier molecular flexibility index (Phi) is 7.44. The topological polar surface area (TPSA) is 13.0 Å². The SMILES string of the molecule is Cc1ccc(CN2CC(C)N(Cc3cccc(CN4CCN(C)CC4)c3)C(C)C2)cc1. The second-order valence-corrected chi connectivity index (χ2v) is 9.95. The highest BCUT2D eigenvalue weighted by Gasteiger charge is 2.29. The first-order valence-corrected chi connectivity index (χ1v) is 12.0.